The van der Waals surface area contributed by atoms with E-state index in [2.05, 4.69) is 43.7 Å². The standard InChI is InChI=1S/C15H19FN2.C3H9N/c1-9(2)17-13-6-10-7-14(15(3,4)5)18-12(10)8-11(13)16;1-4(2)3/h6-8,17-18H,1H2,2-5H3;1-3H3. The van der Waals surface area contributed by atoms with E-state index in [1.807, 2.05) is 32.1 Å². The minimum atomic E-state index is -0.271. The summed E-state index contributed by atoms with van der Waals surface area (Å²) in [4.78, 5) is 5.27. The second kappa shape index (κ2) is 6.97. The predicted molar refractivity (Wildman–Crippen MR) is 95.0 cm³/mol. The number of allylic oxidation sites excluding steroid dienone is 1. The molecule has 0 saturated carbocycles. The van der Waals surface area contributed by atoms with Crippen LogP contribution in [0.2, 0.25) is 0 Å². The number of rotatable bonds is 2. The molecule has 2 aromatic rings. The van der Waals surface area contributed by atoms with E-state index in [9.17, 15) is 4.39 Å². The fourth-order valence-electron chi connectivity index (χ4n) is 1.88. The summed E-state index contributed by atoms with van der Waals surface area (Å²) in [7, 11) is 6.00. The lowest BCUT2D eigenvalue weighted by Gasteiger charge is -2.15. The lowest BCUT2D eigenvalue weighted by Crippen LogP contribution is -2.10. The van der Waals surface area contributed by atoms with Crippen LogP contribution >= 0.6 is 0 Å². The van der Waals surface area contributed by atoms with Gasteiger partial charge in [-0.2, -0.15) is 0 Å². The van der Waals surface area contributed by atoms with E-state index in [0.29, 0.717) is 5.69 Å². The summed E-state index contributed by atoms with van der Waals surface area (Å²) in [6.07, 6.45) is 0. The van der Waals surface area contributed by atoms with Crippen molar-refractivity contribution in [1.29, 1.82) is 0 Å². The fourth-order valence-corrected chi connectivity index (χ4v) is 1.88. The Morgan fingerprint density at radius 3 is 2.18 bits per heavy atom. The monoisotopic (exact) mass is 305 g/mol. The molecule has 0 aliphatic rings. The second-order valence-electron chi connectivity index (χ2n) is 7.10. The van der Waals surface area contributed by atoms with Gasteiger partial charge in [-0.05, 0) is 40.2 Å². The maximum absolute atomic E-state index is 13.9. The van der Waals surface area contributed by atoms with Crippen LogP contribution in [-0.4, -0.2) is 31.0 Å². The maximum Gasteiger partial charge on any atom is 0.148 e. The Kier molecular flexibility index (Phi) is 5.78. The molecular weight excluding hydrogens is 277 g/mol. The van der Waals surface area contributed by atoms with Crippen molar-refractivity contribution in [2.24, 2.45) is 0 Å². The fraction of sp³-hybridized carbons (Fsp3) is 0.444. The lowest BCUT2D eigenvalue weighted by molar-refractivity contribution is 0.505. The average molecular weight is 305 g/mol. The highest BCUT2D eigenvalue weighted by Crippen LogP contribution is 2.29. The number of hydrogen-bond donors (Lipinski definition) is 2. The third-order valence-electron chi connectivity index (χ3n) is 2.86. The number of nitrogens with zero attached hydrogens (tertiary/aromatic N) is 1. The molecule has 2 rings (SSSR count). The average Bonchev–Trinajstić information content (AvgIpc) is 2.70. The number of anilines is 1. The van der Waals surface area contributed by atoms with Gasteiger partial charge in [-0.15, -0.1) is 0 Å². The van der Waals surface area contributed by atoms with Crippen LogP contribution in [0.3, 0.4) is 0 Å². The third-order valence-corrected chi connectivity index (χ3v) is 2.86. The van der Waals surface area contributed by atoms with Crippen LogP contribution in [0.25, 0.3) is 10.9 Å². The Balaban J connectivity index is 0.000000541. The topological polar surface area (TPSA) is 31.1 Å². The van der Waals surface area contributed by atoms with Crippen LogP contribution in [0.1, 0.15) is 33.4 Å². The van der Waals surface area contributed by atoms with Crippen LogP contribution in [0.5, 0.6) is 0 Å². The number of halogens is 1. The molecule has 0 aliphatic carbocycles. The van der Waals surface area contributed by atoms with Crippen molar-refractivity contribution in [2.75, 3.05) is 26.5 Å². The first-order valence-corrected chi connectivity index (χ1v) is 7.37. The summed E-state index contributed by atoms with van der Waals surface area (Å²) in [6, 6.07) is 5.40. The Hall–Kier alpha value is -1.81. The van der Waals surface area contributed by atoms with Crippen molar-refractivity contribution in [3.63, 3.8) is 0 Å². The number of aromatic amines is 1. The van der Waals surface area contributed by atoms with Gasteiger partial charge in [0, 0.05) is 33.8 Å². The van der Waals surface area contributed by atoms with Gasteiger partial charge in [-0.25, -0.2) is 4.39 Å². The molecule has 0 unspecified atom stereocenters. The molecule has 0 radical (unpaired) electrons. The zero-order valence-electron chi connectivity index (χ0n) is 14.8. The number of hydrogen-bond acceptors (Lipinski definition) is 2. The van der Waals surface area contributed by atoms with E-state index in [0.717, 1.165) is 22.3 Å². The molecule has 0 amide bonds. The molecule has 1 aromatic heterocycles. The predicted octanol–water partition coefficient (Wildman–Crippen LogP) is 4.73. The van der Waals surface area contributed by atoms with Gasteiger partial charge in [-0.3, -0.25) is 0 Å². The minimum absolute atomic E-state index is 0.0252. The van der Waals surface area contributed by atoms with Crippen molar-refractivity contribution in [1.82, 2.24) is 9.88 Å². The van der Waals surface area contributed by atoms with Crippen molar-refractivity contribution >= 4 is 16.6 Å². The molecule has 3 nitrogen and oxygen atoms in total. The Bertz CT molecular complexity index is 645. The molecule has 4 heteroatoms. The summed E-state index contributed by atoms with van der Waals surface area (Å²) in [5.74, 6) is -0.271. The molecule has 0 saturated heterocycles. The smallest absolute Gasteiger partial charge is 0.148 e. The number of fused-ring (bicyclic) bond motifs is 1. The first-order chi connectivity index (χ1) is 10.0. The highest BCUT2D eigenvalue weighted by atomic mass is 19.1. The van der Waals surface area contributed by atoms with Gasteiger partial charge in [-0.1, -0.05) is 27.4 Å². The van der Waals surface area contributed by atoms with E-state index in [-0.39, 0.29) is 11.2 Å². The van der Waals surface area contributed by atoms with Crippen molar-refractivity contribution < 1.29 is 4.39 Å². The van der Waals surface area contributed by atoms with Gasteiger partial charge < -0.3 is 15.2 Å². The Labute approximate surface area is 133 Å². The molecule has 22 heavy (non-hydrogen) atoms. The SMILES string of the molecule is C=C(C)Nc1cc2cc(C(C)(C)C)[nH]c2cc1F.CN(C)C. The van der Waals surface area contributed by atoms with Gasteiger partial charge in [0.25, 0.3) is 0 Å². The summed E-state index contributed by atoms with van der Waals surface area (Å²) in [6.45, 7) is 11.9. The van der Waals surface area contributed by atoms with E-state index in [4.69, 9.17) is 0 Å². The normalized spacial score (nSPS) is 11.3. The maximum atomic E-state index is 13.9. The molecule has 0 fully saturated rings. The molecule has 0 bridgehead atoms. The largest absolute Gasteiger partial charge is 0.358 e. The molecule has 0 atom stereocenters. The molecule has 122 valence electrons. The third kappa shape index (κ3) is 5.19. The number of H-pyrrole nitrogens is 1. The van der Waals surface area contributed by atoms with Crippen LogP contribution in [-0.2, 0) is 5.41 Å². The van der Waals surface area contributed by atoms with E-state index in [1.165, 1.54) is 6.07 Å². The highest BCUT2D eigenvalue weighted by molar-refractivity contribution is 5.84. The van der Waals surface area contributed by atoms with E-state index >= 15 is 0 Å². The lowest BCUT2D eigenvalue weighted by atomic mass is 9.92. The van der Waals surface area contributed by atoms with E-state index < -0.39 is 0 Å². The van der Waals surface area contributed by atoms with Crippen molar-refractivity contribution in [3.8, 4) is 0 Å². The van der Waals surface area contributed by atoms with Crippen LogP contribution < -0.4 is 5.32 Å². The Morgan fingerprint density at radius 2 is 1.73 bits per heavy atom. The van der Waals surface area contributed by atoms with Crippen LogP contribution in [0.4, 0.5) is 10.1 Å². The summed E-state index contributed by atoms with van der Waals surface area (Å²) >= 11 is 0. The van der Waals surface area contributed by atoms with Gasteiger partial charge in [0.15, 0.2) is 0 Å². The van der Waals surface area contributed by atoms with Gasteiger partial charge >= 0.3 is 0 Å². The minimum Gasteiger partial charge on any atom is -0.358 e. The van der Waals surface area contributed by atoms with Gasteiger partial charge in [0.05, 0.1) is 5.69 Å². The second-order valence-corrected chi connectivity index (χ2v) is 7.10. The summed E-state index contributed by atoms with van der Waals surface area (Å²) in [5, 5.41) is 3.93. The molecule has 1 heterocycles. The first kappa shape index (κ1) is 18.2. The van der Waals surface area contributed by atoms with Crippen molar-refractivity contribution in [3.05, 3.63) is 42.0 Å². The zero-order valence-corrected chi connectivity index (χ0v) is 14.8. The number of nitrogens with one attached hydrogen (secondary N) is 2. The summed E-state index contributed by atoms with van der Waals surface area (Å²) in [5.41, 5.74) is 3.14. The van der Waals surface area contributed by atoms with Gasteiger partial charge in [0.1, 0.15) is 5.82 Å². The Morgan fingerprint density at radius 1 is 1.18 bits per heavy atom. The number of aromatic nitrogens is 1. The van der Waals surface area contributed by atoms with Crippen LogP contribution in [0.15, 0.2) is 30.5 Å². The zero-order chi connectivity index (χ0) is 17.1. The molecule has 1 aromatic carbocycles. The molecule has 0 spiro atoms. The molecular formula is C18H28FN3. The summed E-state index contributed by atoms with van der Waals surface area (Å²) < 4.78 is 13.9. The quantitative estimate of drug-likeness (QED) is 0.840. The van der Waals surface area contributed by atoms with E-state index in [1.54, 1.807) is 6.92 Å². The van der Waals surface area contributed by atoms with Crippen LogP contribution in [0, 0.1) is 5.82 Å². The number of benzene rings is 1. The molecule has 0 aliphatic heterocycles. The highest BCUT2D eigenvalue weighted by Gasteiger charge is 2.17. The first-order valence-electron chi connectivity index (χ1n) is 7.37. The van der Waals surface area contributed by atoms with Crippen molar-refractivity contribution in [2.45, 2.75) is 33.1 Å². The van der Waals surface area contributed by atoms with Gasteiger partial charge in [0.2, 0.25) is 0 Å². The molecule has 2 N–H and O–H groups in total.